The van der Waals surface area contributed by atoms with E-state index >= 15 is 0 Å². The second kappa shape index (κ2) is 8.20. The summed E-state index contributed by atoms with van der Waals surface area (Å²) in [6, 6.07) is 7.35. The lowest BCUT2D eigenvalue weighted by atomic mass is 9.86. The van der Waals surface area contributed by atoms with Gasteiger partial charge in [-0.1, -0.05) is 6.92 Å². The van der Waals surface area contributed by atoms with Gasteiger partial charge in [-0.2, -0.15) is 0 Å². The van der Waals surface area contributed by atoms with Crippen molar-refractivity contribution >= 4 is 5.91 Å². The second-order valence-corrected chi connectivity index (χ2v) is 9.13. The van der Waals surface area contributed by atoms with Gasteiger partial charge in [0.05, 0.1) is 12.0 Å². The molecule has 0 radical (unpaired) electrons. The first-order valence-corrected chi connectivity index (χ1v) is 11.4. The zero-order chi connectivity index (χ0) is 21.5. The number of aliphatic hydroxyl groups excluding tert-OH is 1. The Bertz CT molecular complexity index is 1020. The van der Waals surface area contributed by atoms with E-state index in [1.54, 1.807) is 12.4 Å². The average molecular weight is 423 g/mol. The molecule has 3 aliphatic rings. The number of carbonyl (C=O) groups is 1. The summed E-state index contributed by atoms with van der Waals surface area (Å²) < 4.78 is 1.84. The Balaban J connectivity index is 1.56. The van der Waals surface area contributed by atoms with E-state index in [0.717, 1.165) is 24.2 Å². The summed E-state index contributed by atoms with van der Waals surface area (Å²) in [6.07, 6.45) is 6.69. The van der Waals surface area contributed by atoms with Crippen molar-refractivity contribution < 1.29 is 9.90 Å². The van der Waals surface area contributed by atoms with Gasteiger partial charge >= 0.3 is 0 Å². The standard InChI is InChI=1S/C24H30N4O3/c1-2-11-27-20-13-28-19(6-5-17(24(28)31)16-7-9-25-10-8-16)22(27)21(18(20)14-29)23(30)26-12-15-3-4-15/h5-10,15,18,20-22,29H,2-4,11-14H2,1H3,(H,26,30)/t18-,20-,21+,22+/m0/s1. The van der Waals surface area contributed by atoms with Crippen molar-refractivity contribution in [3.63, 3.8) is 0 Å². The summed E-state index contributed by atoms with van der Waals surface area (Å²) >= 11 is 0. The van der Waals surface area contributed by atoms with Gasteiger partial charge in [0.2, 0.25) is 5.91 Å². The van der Waals surface area contributed by atoms with Gasteiger partial charge in [-0.05, 0) is 61.6 Å². The second-order valence-electron chi connectivity index (χ2n) is 9.13. The first-order chi connectivity index (χ1) is 15.1. The number of rotatable bonds is 7. The lowest BCUT2D eigenvalue weighted by molar-refractivity contribution is -0.127. The highest BCUT2D eigenvalue weighted by Crippen LogP contribution is 2.48. The third kappa shape index (κ3) is 3.49. The molecule has 1 aliphatic carbocycles. The molecular formula is C24H30N4O3. The molecule has 0 unspecified atom stereocenters. The third-order valence-electron chi connectivity index (χ3n) is 7.21. The molecule has 1 saturated carbocycles. The number of pyridine rings is 2. The van der Waals surface area contributed by atoms with Crippen LogP contribution in [0.3, 0.4) is 0 Å². The number of fused-ring (bicyclic) bond motifs is 4. The summed E-state index contributed by atoms with van der Waals surface area (Å²) in [4.78, 5) is 33.1. The summed E-state index contributed by atoms with van der Waals surface area (Å²) in [7, 11) is 0. The molecule has 1 saturated heterocycles. The van der Waals surface area contributed by atoms with Gasteiger partial charge in [-0.3, -0.25) is 19.5 Å². The highest BCUT2D eigenvalue weighted by atomic mass is 16.3. The molecule has 5 rings (SSSR count). The predicted octanol–water partition coefficient (Wildman–Crippen LogP) is 1.81. The number of hydrogen-bond acceptors (Lipinski definition) is 5. The molecular weight excluding hydrogens is 392 g/mol. The smallest absolute Gasteiger partial charge is 0.258 e. The molecule has 2 bridgehead atoms. The third-order valence-corrected chi connectivity index (χ3v) is 7.21. The first-order valence-electron chi connectivity index (χ1n) is 11.4. The Kier molecular flexibility index (Phi) is 5.40. The number of nitrogens with one attached hydrogen (secondary N) is 1. The average Bonchev–Trinajstić information content (AvgIpc) is 3.59. The Morgan fingerprint density at radius 2 is 2.00 bits per heavy atom. The molecule has 0 spiro atoms. The first kappa shape index (κ1) is 20.4. The van der Waals surface area contributed by atoms with Gasteiger partial charge < -0.3 is 15.0 Å². The quantitative estimate of drug-likeness (QED) is 0.711. The zero-order valence-electron chi connectivity index (χ0n) is 17.9. The van der Waals surface area contributed by atoms with E-state index in [0.29, 0.717) is 24.6 Å². The number of aromatic nitrogens is 2. The van der Waals surface area contributed by atoms with Crippen molar-refractivity contribution in [2.75, 3.05) is 19.7 Å². The molecule has 0 aromatic carbocycles. The maximum atomic E-state index is 13.5. The molecule has 2 N–H and O–H groups in total. The van der Waals surface area contributed by atoms with Crippen LogP contribution in [0.1, 0.15) is 37.9 Å². The van der Waals surface area contributed by atoms with Crippen LogP contribution in [-0.2, 0) is 11.3 Å². The fourth-order valence-corrected chi connectivity index (χ4v) is 5.52. The molecule has 164 valence electrons. The summed E-state index contributed by atoms with van der Waals surface area (Å²) in [6.45, 7) is 4.14. The molecule has 2 aliphatic heterocycles. The SMILES string of the molecule is CCCN1[C@@H]2c3ccc(-c4ccncc4)c(=O)n3C[C@H]1[C@H](CO)[C@H]2C(=O)NCC1CC1. The Morgan fingerprint density at radius 3 is 2.68 bits per heavy atom. The van der Waals surface area contributed by atoms with E-state index in [1.807, 2.05) is 28.8 Å². The lowest BCUT2D eigenvalue weighted by Crippen LogP contribution is -2.47. The highest BCUT2D eigenvalue weighted by Gasteiger charge is 2.55. The molecule has 31 heavy (non-hydrogen) atoms. The molecule has 2 fully saturated rings. The van der Waals surface area contributed by atoms with Crippen molar-refractivity contribution in [2.45, 2.75) is 44.8 Å². The molecule has 1 amide bonds. The maximum Gasteiger partial charge on any atom is 0.258 e. The van der Waals surface area contributed by atoms with Crippen LogP contribution in [0.4, 0.5) is 0 Å². The number of aliphatic hydroxyl groups is 1. The number of nitrogens with zero attached hydrogens (tertiary/aromatic N) is 3. The van der Waals surface area contributed by atoms with E-state index in [9.17, 15) is 14.7 Å². The molecule has 2 aromatic rings. The fourth-order valence-electron chi connectivity index (χ4n) is 5.52. The van der Waals surface area contributed by atoms with Gasteiger partial charge in [0.25, 0.3) is 5.56 Å². The van der Waals surface area contributed by atoms with Crippen LogP contribution in [0.2, 0.25) is 0 Å². The van der Waals surface area contributed by atoms with Gasteiger partial charge in [0, 0.05) is 55.3 Å². The zero-order valence-corrected chi connectivity index (χ0v) is 17.9. The van der Waals surface area contributed by atoms with Crippen molar-refractivity contribution in [3.8, 4) is 11.1 Å². The van der Waals surface area contributed by atoms with E-state index in [4.69, 9.17) is 0 Å². The summed E-state index contributed by atoms with van der Waals surface area (Å²) in [5.74, 6) is 0.0835. The number of amides is 1. The van der Waals surface area contributed by atoms with Gasteiger partial charge in [-0.15, -0.1) is 0 Å². The van der Waals surface area contributed by atoms with Gasteiger partial charge in [-0.25, -0.2) is 0 Å². The van der Waals surface area contributed by atoms with E-state index in [-0.39, 0.29) is 42.0 Å². The molecule has 4 heterocycles. The van der Waals surface area contributed by atoms with Crippen molar-refractivity contribution in [1.82, 2.24) is 19.8 Å². The number of carbonyl (C=O) groups excluding carboxylic acids is 1. The van der Waals surface area contributed by atoms with Crippen LogP contribution >= 0.6 is 0 Å². The van der Waals surface area contributed by atoms with Crippen LogP contribution in [0.5, 0.6) is 0 Å². The van der Waals surface area contributed by atoms with Crippen LogP contribution in [-0.4, -0.2) is 51.2 Å². The Morgan fingerprint density at radius 1 is 1.23 bits per heavy atom. The van der Waals surface area contributed by atoms with Crippen LogP contribution in [0.25, 0.3) is 11.1 Å². The maximum absolute atomic E-state index is 13.5. The largest absolute Gasteiger partial charge is 0.396 e. The monoisotopic (exact) mass is 422 g/mol. The molecule has 7 nitrogen and oxygen atoms in total. The van der Waals surface area contributed by atoms with Crippen molar-refractivity contribution in [3.05, 3.63) is 52.7 Å². The summed E-state index contributed by atoms with van der Waals surface area (Å²) in [5.41, 5.74) is 2.33. The Labute approximate surface area is 182 Å². The highest BCUT2D eigenvalue weighted by molar-refractivity contribution is 5.80. The van der Waals surface area contributed by atoms with E-state index in [2.05, 4.69) is 22.1 Å². The topological polar surface area (TPSA) is 87.5 Å². The molecule has 4 atom stereocenters. The van der Waals surface area contributed by atoms with Crippen molar-refractivity contribution in [1.29, 1.82) is 0 Å². The van der Waals surface area contributed by atoms with Crippen LogP contribution in [0, 0.1) is 17.8 Å². The molecule has 2 aromatic heterocycles. The van der Waals surface area contributed by atoms with Crippen LogP contribution in [0.15, 0.2) is 41.5 Å². The van der Waals surface area contributed by atoms with Gasteiger partial charge in [0.1, 0.15) is 0 Å². The van der Waals surface area contributed by atoms with E-state index in [1.165, 1.54) is 12.8 Å². The van der Waals surface area contributed by atoms with Crippen molar-refractivity contribution in [2.24, 2.45) is 17.8 Å². The minimum Gasteiger partial charge on any atom is -0.396 e. The predicted molar refractivity (Wildman–Crippen MR) is 117 cm³/mol. The van der Waals surface area contributed by atoms with Crippen LogP contribution < -0.4 is 10.9 Å². The minimum absolute atomic E-state index is 0.0127. The lowest BCUT2D eigenvalue weighted by Gasteiger charge is -2.38. The summed E-state index contributed by atoms with van der Waals surface area (Å²) in [5, 5.41) is 13.4. The minimum atomic E-state index is -0.347. The Hall–Kier alpha value is -2.51. The molecule has 7 heteroatoms. The fraction of sp³-hybridized carbons (Fsp3) is 0.542. The van der Waals surface area contributed by atoms with E-state index < -0.39 is 0 Å². The number of hydrogen-bond donors (Lipinski definition) is 2. The van der Waals surface area contributed by atoms with Gasteiger partial charge in [0.15, 0.2) is 0 Å². The normalized spacial score (nSPS) is 27.2.